The number of rotatable bonds is 4. The fraction of sp³-hybridized carbons (Fsp3) is 0.261. The summed E-state index contributed by atoms with van der Waals surface area (Å²) in [6.45, 7) is 1.43. The van der Waals surface area contributed by atoms with Crippen molar-refractivity contribution < 1.29 is 19.1 Å². The number of para-hydroxylation sites is 1. The maximum absolute atomic E-state index is 12.9. The quantitative estimate of drug-likeness (QED) is 0.697. The van der Waals surface area contributed by atoms with E-state index in [0.717, 1.165) is 5.39 Å². The van der Waals surface area contributed by atoms with Gasteiger partial charge in [0, 0.05) is 43.3 Å². The molecular formula is C23H23N3O5. The summed E-state index contributed by atoms with van der Waals surface area (Å²) in [5.74, 6) is 0.578. The Morgan fingerprint density at radius 2 is 1.42 bits per heavy atom. The third kappa shape index (κ3) is 4.09. The molecule has 4 rings (SSSR count). The fourth-order valence-corrected chi connectivity index (χ4v) is 3.70. The van der Waals surface area contributed by atoms with Crippen LogP contribution in [-0.2, 0) is 0 Å². The lowest BCUT2D eigenvalue weighted by Gasteiger charge is -2.34. The van der Waals surface area contributed by atoms with Crippen molar-refractivity contribution in [1.29, 1.82) is 0 Å². The number of hydrogen-bond acceptors (Lipinski definition) is 5. The molecule has 0 radical (unpaired) electrons. The number of methoxy groups -OCH3 is 2. The average Bonchev–Trinajstić information content (AvgIpc) is 2.82. The zero-order chi connectivity index (χ0) is 22.0. The highest BCUT2D eigenvalue weighted by atomic mass is 16.5. The smallest absolute Gasteiger partial charge is 0.261 e. The number of ether oxygens (including phenoxy) is 2. The van der Waals surface area contributed by atoms with Gasteiger partial charge in [0.25, 0.3) is 17.4 Å². The number of fused-ring (bicyclic) bond motifs is 1. The van der Waals surface area contributed by atoms with Gasteiger partial charge in [-0.15, -0.1) is 0 Å². The normalized spacial score (nSPS) is 13.9. The molecule has 8 heteroatoms. The van der Waals surface area contributed by atoms with Gasteiger partial charge in [-0.05, 0) is 29.7 Å². The van der Waals surface area contributed by atoms with Crippen LogP contribution in [0, 0.1) is 0 Å². The van der Waals surface area contributed by atoms with Gasteiger partial charge < -0.3 is 24.3 Å². The largest absolute Gasteiger partial charge is 0.497 e. The van der Waals surface area contributed by atoms with E-state index in [1.165, 1.54) is 14.2 Å². The van der Waals surface area contributed by atoms with Crippen LogP contribution >= 0.6 is 0 Å². The highest BCUT2D eigenvalue weighted by Crippen LogP contribution is 2.24. The molecule has 0 bridgehead atoms. The predicted octanol–water partition coefficient (Wildman–Crippen LogP) is 2.14. The van der Waals surface area contributed by atoms with Crippen LogP contribution in [0.15, 0.2) is 53.3 Å². The third-order valence-electron chi connectivity index (χ3n) is 5.44. The van der Waals surface area contributed by atoms with E-state index in [4.69, 9.17) is 9.47 Å². The lowest BCUT2D eigenvalue weighted by atomic mass is 10.1. The summed E-state index contributed by atoms with van der Waals surface area (Å²) in [7, 11) is 3.06. The van der Waals surface area contributed by atoms with E-state index in [1.807, 2.05) is 18.2 Å². The third-order valence-corrected chi connectivity index (χ3v) is 5.44. The molecule has 1 aliphatic heterocycles. The molecule has 1 saturated heterocycles. The van der Waals surface area contributed by atoms with E-state index in [0.29, 0.717) is 48.8 Å². The first-order valence-electron chi connectivity index (χ1n) is 9.94. The summed E-state index contributed by atoms with van der Waals surface area (Å²) in [6, 6.07) is 14.0. The van der Waals surface area contributed by atoms with Crippen molar-refractivity contribution in [3.63, 3.8) is 0 Å². The van der Waals surface area contributed by atoms with Crippen molar-refractivity contribution >= 4 is 22.7 Å². The number of H-pyrrole nitrogens is 1. The van der Waals surface area contributed by atoms with Gasteiger partial charge in [-0.3, -0.25) is 14.4 Å². The second kappa shape index (κ2) is 8.51. The van der Waals surface area contributed by atoms with Gasteiger partial charge in [0.05, 0.1) is 14.2 Å². The second-order valence-electron chi connectivity index (χ2n) is 7.29. The van der Waals surface area contributed by atoms with Crippen LogP contribution in [0.4, 0.5) is 0 Å². The molecule has 1 aliphatic rings. The Morgan fingerprint density at radius 3 is 2.03 bits per heavy atom. The number of carbonyl (C=O) groups is 2. The Labute approximate surface area is 179 Å². The van der Waals surface area contributed by atoms with E-state index >= 15 is 0 Å². The number of aromatic amines is 1. The molecular weight excluding hydrogens is 398 g/mol. The first kappa shape index (κ1) is 20.5. The molecule has 3 aromatic rings. The van der Waals surface area contributed by atoms with Gasteiger partial charge >= 0.3 is 0 Å². The van der Waals surface area contributed by atoms with Crippen LogP contribution in [0.2, 0.25) is 0 Å². The minimum absolute atomic E-state index is 0.107. The minimum Gasteiger partial charge on any atom is -0.497 e. The number of benzene rings is 2. The summed E-state index contributed by atoms with van der Waals surface area (Å²) in [5, 5.41) is 0.797. The van der Waals surface area contributed by atoms with E-state index < -0.39 is 5.56 Å². The highest BCUT2D eigenvalue weighted by Gasteiger charge is 2.27. The predicted molar refractivity (Wildman–Crippen MR) is 116 cm³/mol. The zero-order valence-electron chi connectivity index (χ0n) is 17.4. The molecule has 2 aromatic carbocycles. The van der Waals surface area contributed by atoms with Crippen molar-refractivity contribution in [1.82, 2.24) is 14.8 Å². The molecule has 0 aliphatic carbocycles. The van der Waals surface area contributed by atoms with E-state index in [-0.39, 0.29) is 17.4 Å². The lowest BCUT2D eigenvalue weighted by Crippen LogP contribution is -2.51. The molecule has 31 heavy (non-hydrogen) atoms. The van der Waals surface area contributed by atoms with Crippen LogP contribution < -0.4 is 15.0 Å². The number of carbonyl (C=O) groups excluding carboxylic acids is 2. The van der Waals surface area contributed by atoms with Gasteiger partial charge in [-0.1, -0.05) is 18.2 Å². The molecule has 0 spiro atoms. The van der Waals surface area contributed by atoms with Crippen molar-refractivity contribution in [2.45, 2.75) is 0 Å². The topological polar surface area (TPSA) is 91.9 Å². The molecule has 0 saturated carbocycles. The summed E-state index contributed by atoms with van der Waals surface area (Å²) in [4.78, 5) is 44.3. The summed E-state index contributed by atoms with van der Waals surface area (Å²) < 4.78 is 10.5. The van der Waals surface area contributed by atoms with E-state index in [1.54, 1.807) is 40.1 Å². The maximum Gasteiger partial charge on any atom is 0.261 e. The van der Waals surface area contributed by atoms with Gasteiger partial charge in [0.2, 0.25) is 0 Å². The average molecular weight is 421 g/mol. The van der Waals surface area contributed by atoms with Crippen LogP contribution in [0.1, 0.15) is 20.7 Å². The molecule has 2 amide bonds. The number of nitrogens with one attached hydrogen (secondary N) is 1. The minimum atomic E-state index is -0.411. The van der Waals surface area contributed by atoms with Crippen LogP contribution in [-0.4, -0.2) is 67.0 Å². The Morgan fingerprint density at radius 1 is 0.839 bits per heavy atom. The molecule has 1 fully saturated rings. The number of hydrogen-bond donors (Lipinski definition) is 1. The van der Waals surface area contributed by atoms with Crippen molar-refractivity contribution in [2.24, 2.45) is 0 Å². The summed E-state index contributed by atoms with van der Waals surface area (Å²) >= 11 is 0. The molecule has 1 aromatic heterocycles. The standard InChI is InChI=1S/C23H23N3O5/c1-30-17-11-16(12-18(14-17)31-2)22(28)25-7-9-26(10-8-25)23(29)19-13-15-5-3-4-6-20(15)24-21(19)27/h3-6,11-14H,7-10H2,1-2H3,(H,24,27). The van der Waals surface area contributed by atoms with Crippen LogP contribution in [0.25, 0.3) is 10.9 Å². The monoisotopic (exact) mass is 421 g/mol. The van der Waals surface area contributed by atoms with E-state index in [2.05, 4.69) is 4.98 Å². The molecule has 2 heterocycles. The van der Waals surface area contributed by atoms with Gasteiger partial charge in [0.1, 0.15) is 17.1 Å². The number of amides is 2. The molecule has 1 N–H and O–H groups in total. The zero-order valence-corrected chi connectivity index (χ0v) is 17.4. The second-order valence-corrected chi connectivity index (χ2v) is 7.29. The first-order chi connectivity index (χ1) is 15.0. The summed E-state index contributed by atoms with van der Waals surface area (Å²) in [6.07, 6.45) is 0. The van der Waals surface area contributed by atoms with Crippen molar-refractivity contribution in [3.8, 4) is 11.5 Å². The molecule has 8 nitrogen and oxygen atoms in total. The van der Waals surface area contributed by atoms with Gasteiger partial charge in [-0.2, -0.15) is 0 Å². The van der Waals surface area contributed by atoms with Crippen LogP contribution in [0.5, 0.6) is 11.5 Å². The van der Waals surface area contributed by atoms with E-state index in [9.17, 15) is 14.4 Å². The summed E-state index contributed by atoms with van der Waals surface area (Å²) in [5.41, 5.74) is 0.844. The highest BCUT2D eigenvalue weighted by molar-refractivity contribution is 5.98. The maximum atomic E-state index is 12.9. The molecule has 160 valence electrons. The molecule has 0 unspecified atom stereocenters. The Bertz CT molecular complexity index is 1170. The number of aromatic nitrogens is 1. The Kier molecular flexibility index (Phi) is 5.62. The van der Waals surface area contributed by atoms with Crippen molar-refractivity contribution in [3.05, 3.63) is 70.0 Å². The lowest BCUT2D eigenvalue weighted by molar-refractivity contribution is 0.0534. The van der Waals surface area contributed by atoms with Gasteiger partial charge in [-0.25, -0.2) is 0 Å². The number of piperazine rings is 1. The fourth-order valence-electron chi connectivity index (χ4n) is 3.70. The molecule has 0 atom stereocenters. The van der Waals surface area contributed by atoms with Gasteiger partial charge in [0.15, 0.2) is 0 Å². The van der Waals surface area contributed by atoms with Crippen LogP contribution in [0.3, 0.4) is 0 Å². The van der Waals surface area contributed by atoms with Crippen molar-refractivity contribution in [2.75, 3.05) is 40.4 Å². The Balaban J connectivity index is 1.47. The number of nitrogens with zero attached hydrogens (tertiary/aromatic N) is 2. The SMILES string of the molecule is COc1cc(OC)cc(C(=O)N2CCN(C(=O)c3cc4ccccc4[nH]c3=O)CC2)c1. The Hall–Kier alpha value is -3.81. The first-order valence-corrected chi connectivity index (χ1v) is 9.94. The number of pyridine rings is 1.